The van der Waals surface area contributed by atoms with Crippen LogP contribution in [0.3, 0.4) is 0 Å². The zero-order valence-electron chi connectivity index (χ0n) is 14.8. The van der Waals surface area contributed by atoms with Crippen LogP contribution in [0.2, 0.25) is 0 Å². The number of nitrogens with zero attached hydrogens (tertiary/aromatic N) is 3. The van der Waals surface area contributed by atoms with E-state index in [0.717, 1.165) is 6.07 Å². The van der Waals surface area contributed by atoms with Gasteiger partial charge in [-0.3, -0.25) is 9.59 Å². The second kappa shape index (κ2) is 7.36. The number of aromatic carboxylic acids is 1. The summed E-state index contributed by atoms with van der Waals surface area (Å²) in [7, 11) is 0. The quantitative estimate of drug-likeness (QED) is 0.804. The molecule has 0 bridgehead atoms. The lowest BCUT2D eigenvalue weighted by atomic mass is 10.1. The number of halogens is 1. The minimum atomic E-state index is -1.40. The molecular weight excluding hydrogens is 357 g/mol. The van der Waals surface area contributed by atoms with E-state index in [0.29, 0.717) is 31.7 Å². The maximum absolute atomic E-state index is 14.7. The number of carboxylic acid groups (broad SMARTS) is 1. The number of amides is 1. The Morgan fingerprint density at radius 2 is 1.85 bits per heavy atom. The predicted molar refractivity (Wildman–Crippen MR) is 96.7 cm³/mol. The molecule has 144 valence electrons. The number of anilines is 1. The van der Waals surface area contributed by atoms with Crippen molar-refractivity contribution in [2.24, 2.45) is 0 Å². The zero-order chi connectivity index (χ0) is 19.7. The third-order valence-corrected chi connectivity index (χ3v) is 4.79. The normalized spacial score (nSPS) is 14.6. The van der Waals surface area contributed by atoms with Crippen LogP contribution < -0.4 is 10.3 Å². The first-order valence-electron chi connectivity index (χ1n) is 8.54. The van der Waals surface area contributed by atoms with Crippen LogP contribution in [0.25, 0.3) is 10.9 Å². The van der Waals surface area contributed by atoms with Crippen molar-refractivity contribution >= 4 is 28.5 Å². The Labute approximate surface area is 154 Å². The second-order valence-electron chi connectivity index (χ2n) is 6.41. The highest BCUT2D eigenvalue weighted by atomic mass is 19.1. The highest BCUT2D eigenvalue weighted by Crippen LogP contribution is 2.26. The molecule has 1 amide bonds. The molecule has 0 spiro atoms. The number of rotatable bonds is 4. The van der Waals surface area contributed by atoms with E-state index in [1.807, 2.05) is 0 Å². The van der Waals surface area contributed by atoms with E-state index in [1.165, 1.54) is 23.8 Å². The van der Waals surface area contributed by atoms with Gasteiger partial charge in [0.15, 0.2) is 0 Å². The Morgan fingerprint density at radius 1 is 1.19 bits per heavy atom. The number of piperazine rings is 1. The number of carbonyl (C=O) groups excluding carboxylic acids is 1. The summed E-state index contributed by atoms with van der Waals surface area (Å²) < 4.78 is 16.2. The highest BCUT2D eigenvalue weighted by Gasteiger charge is 2.23. The fourth-order valence-electron chi connectivity index (χ4n) is 3.35. The molecule has 1 fully saturated rings. The standard InChI is InChI=1S/C18H20FN3O5/c1-11(24)20-2-4-21(5-3-20)16-9-15-12(8-14(16)19)17(25)13(18(26)27)10-22(15)6-7-23/h8-10,23H,2-7H2,1H3,(H,26,27). The lowest BCUT2D eigenvalue weighted by Gasteiger charge is -2.36. The molecule has 27 heavy (non-hydrogen) atoms. The Balaban J connectivity index is 2.09. The van der Waals surface area contributed by atoms with Crippen molar-refractivity contribution in [3.8, 4) is 0 Å². The third kappa shape index (κ3) is 3.50. The van der Waals surface area contributed by atoms with E-state index >= 15 is 0 Å². The topological polar surface area (TPSA) is 103 Å². The maximum Gasteiger partial charge on any atom is 0.341 e. The van der Waals surface area contributed by atoms with Crippen molar-refractivity contribution in [3.63, 3.8) is 0 Å². The molecule has 1 aliphatic rings. The summed E-state index contributed by atoms with van der Waals surface area (Å²) in [6, 6.07) is 2.54. The molecule has 1 saturated heterocycles. The van der Waals surface area contributed by atoms with Crippen LogP contribution in [0.4, 0.5) is 10.1 Å². The molecule has 0 unspecified atom stereocenters. The predicted octanol–water partition coefficient (Wildman–Crippen LogP) is 0.500. The Morgan fingerprint density at radius 3 is 2.41 bits per heavy atom. The van der Waals surface area contributed by atoms with Gasteiger partial charge in [-0.2, -0.15) is 0 Å². The van der Waals surface area contributed by atoms with Gasteiger partial charge >= 0.3 is 5.97 Å². The Bertz CT molecular complexity index is 964. The molecular formula is C18H20FN3O5. The van der Waals surface area contributed by atoms with Crippen LogP contribution in [-0.2, 0) is 11.3 Å². The molecule has 2 aromatic rings. The molecule has 0 atom stereocenters. The second-order valence-corrected chi connectivity index (χ2v) is 6.41. The summed E-state index contributed by atoms with van der Waals surface area (Å²) in [5, 5.41) is 18.4. The summed E-state index contributed by atoms with van der Waals surface area (Å²) >= 11 is 0. The van der Waals surface area contributed by atoms with E-state index in [4.69, 9.17) is 0 Å². The van der Waals surface area contributed by atoms with E-state index < -0.39 is 22.8 Å². The number of hydrogen-bond acceptors (Lipinski definition) is 5. The van der Waals surface area contributed by atoms with Gasteiger partial charge in [-0.15, -0.1) is 0 Å². The van der Waals surface area contributed by atoms with Gasteiger partial charge in [0.2, 0.25) is 11.3 Å². The van der Waals surface area contributed by atoms with Gasteiger partial charge in [-0.25, -0.2) is 9.18 Å². The van der Waals surface area contributed by atoms with Crippen molar-refractivity contribution in [3.05, 3.63) is 39.9 Å². The first kappa shape index (κ1) is 18.8. The molecule has 0 saturated carbocycles. The molecule has 0 radical (unpaired) electrons. The number of aromatic nitrogens is 1. The Kier molecular flexibility index (Phi) is 5.13. The molecule has 0 aliphatic carbocycles. The lowest BCUT2D eigenvalue weighted by molar-refractivity contribution is -0.129. The van der Waals surface area contributed by atoms with Crippen molar-refractivity contribution in [2.75, 3.05) is 37.7 Å². The summed E-state index contributed by atoms with van der Waals surface area (Å²) in [6.45, 7) is 3.11. The monoisotopic (exact) mass is 377 g/mol. The van der Waals surface area contributed by atoms with E-state index in [-0.39, 0.29) is 30.1 Å². The van der Waals surface area contributed by atoms with Crippen molar-refractivity contribution < 1.29 is 24.2 Å². The van der Waals surface area contributed by atoms with Crippen molar-refractivity contribution in [1.29, 1.82) is 0 Å². The molecule has 2 N–H and O–H groups in total. The average molecular weight is 377 g/mol. The summed E-state index contributed by atoms with van der Waals surface area (Å²) in [6.07, 6.45) is 1.17. The molecule has 8 nitrogen and oxygen atoms in total. The number of carboxylic acids is 1. The first-order chi connectivity index (χ1) is 12.8. The number of fused-ring (bicyclic) bond motifs is 1. The number of pyridine rings is 1. The molecule has 1 aromatic carbocycles. The van der Waals surface area contributed by atoms with Gasteiger partial charge in [0.05, 0.1) is 17.8 Å². The molecule has 2 heterocycles. The van der Waals surface area contributed by atoms with Crippen LogP contribution in [-0.4, -0.2) is 64.3 Å². The zero-order valence-corrected chi connectivity index (χ0v) is 14.8. The van der Waals surface area contributed by atoms with Gasteiger partial charge in [0.25, 0.3) is 0 Å². The summed E-state index contributed by atoms with van der Waals surface area (Å²) in [5.74, 6) is -2.07. The summed E-state index contributed by atoms with van der Waals surface area (Å²) in [5.41, 5.74) is -0.610. The van der Waals surface area contributed by atoms with Crippen LogP contribution in [0.15, 0.2) is 23.1 Å². The minimum absolute atomic E-state index is 0.0355. The SMILES string of the molecule is CC(=O)N1CCN(c2cc3c(cc2F)c(=O)c(C(=O)O)cn3CCO)CC1. The van der Waals surface area contributed by atoms with Gasteiger partial charge < -0.3 is 24.6 Å². The number of aliphatic hydroxyl groups excluding tert-OH is 1. The van der Waals surface area contributed by atoms with Gasteiger partial charge in [0.1, 0.15) is 11.4 Å². The van der Waals surface area contributed by atoms with E-state index in [9.17, 15) is 29.0 Å². The molecule has 3 rings (SSSR count). The van der Waals surface area contributed by atoms with Crippen molar-refractivity contribution in [2.45, 2.75) is 13.5 Å². The van der Waals surface area contributed by atoms with Crippen LogP contribution in [0.1, 0.15) is 17.3 Å². The fourth-order valence-corrected chi connectivity index (χ4v) is 3.35. The fraction of sp³-hybridized carbons (Fsp3) is 0.389. The number of aliphatic hydroxyl groups is 1. The van der Waals surface area contributed by atoms with E-state index in [1.54, 1.807) is 9.80 Å². The third-order valence-electron chi connectivity index (χ3n) is 4.79. The first-order valence-corrected chi connectivity index (χ1v) is 8.54. The number of carbonyl (C=O) groups is 2. The van der Waals surface area contributed by atoms with Gasteiger partial charge in [0, 0.05) is 51.2 Å². The smallest absolute Gasteiger partial charge is 0.341 e. The van der Waals surface area contributed by atoms with Crippen LogP contribution >= 0.6 is 0 Å². The number of hydrogen-bond donors (Lipinski definition) is 2. The molecule has 1 aromatic heterocycles. The molecule has 9 heteroatoms. The van der Waals surface area contributed by atoms with E-state index in [2.05, 4.69) is 0 Å². The Hall–Kier alpha value is -2.94. The largest absolute Gasteiger partial charge is 0.477 e. The average Bonchev–Trinajstić information content (AvgIpc) is 2.63. The minimum Gasteiger partial charge on any atom is -0.477 e. The summed E-state index contributed by atoms with van der Waals surface area (Å²) in [4.78, 5) is 38.6. The maximum atomic E-state index is 14.7. The van der Waals surface area contributed by atoms with Gasteiger partial charge in [-0.1, -0.05) is 0 Å². The van der Waals surface area contributed by atoms with Crippen LogP contribution in [0, 0.1) is 5.82 Å². The van der Waals surface area contributed by atoms with Gasteiger partial charge in [-0.05, 0) is 12.1 Å². The highest BCUT2D eigenvalue weighted by molar-refractivity contribution is 5.93. The van der Waals surface area contributed by atoms with Crippen LogP contribution in [0.5, 0.6) is 0 Å². The lowest BCUT2D eigenvalue weighted by Crippen LogP contribution is -2.48. The molecule has 1 aliphatic heterocycles. The number of benzene rings is 1. The van der Waals surface area contributed by atoms with Crippen molar-refractivity contribution in [1.82, 2.24) is 9.47 Å².